The molecule has 0 amide bonds. The van der Waals surface area contributed by atoms with E-state index in [1.807, 2.05) is 30.8 Å². The van der Waals surface area contributed by atoms with E-state index in [0.717, 1.165) is 17.3 Å². The lowest BCUT2D eigenvalue weighted by Crippen LogP contribution is -2.18. The smallest absolute Gasteiger partial charge is 0.0638 e. The lowest BCUT2D eigenvalue weighted by atomic mass is 10.1. The van der Waals surface area contributed by atoms with E-state index < -0.39 is 0 Å². The maximum atomic E-state index is 5.88. The van der Waals surface area contributed by atoms with Gasteiger partial charge in [-0.05, 0) is 31.5 Å². The molecule has 0 saturated carbocycles. The van der Waals surface area contributed by atoms with E-state index in [-0.39, 0.29) is 0 Å². The molecule has 96 valence electrons. The molecule has 0 bridgehead atoms. The van der Waals surface area contributed by atoms with E-state index in [9.17, 15) is 0 Å². The van der Waals surface area contributed by atoms with Gasteiger partial charge in [-0.3, -0.25) is 4.68 Å². The van der Waals surface area contributed by atoms with Crippen molar-refractivity contribution in [3.05, 3.63) is 52.3 Å². The van der Waals surface area contributed by atoms with Crippen LogP contribution in [0.2, 0.25) is 5.02 Å². The topological polar surface area (TPSA) is 29.9 Å². The summed E-state index contributed by atoms with van der Waals surface area (Å²) in [5.74, 6) is 0. The van der Waals surface area contributed by atoms with Crippen molar-refractivity contribution in [2.24, 2.45) is 7.05 Å². The highest BCUT2D eigenvalue weighted by atomic mass is 35.5. The molecule has 1 heterocycles. The minimum atomic E-state index is 0.293. The third kappa shape index (κ3) is 3.12. The Morgan fingerprint density at radius 2 is 2.00 bits per heavy atom. The molecule has 1 unspecified atom stereocenters. The molecular formula is C14H18ClN3. The molecule has 1 aromatic carbocycles. The van der Waals surface area contributed by atoms with E-state index in [1.54, 1.807) is 0 Å². The van der Waals surface area contributed by atoms with E-state index in [4.69, 9.17) is 11.6 Å². The SMILES string of the molecule is Cc1nn(C)cc1CNC(C)c1ccc(Cl)cc1. The Hall–Kier alpha value is -1.32. The average molecular weight is 264 g/mol. The van der Waals surface area contributed by atoms with Gasteiger partial charge in [0.05, 0.1) is 5.69 Å². The second kappa shape index (κ2) is 5.55. The van der Waals surface area contributed by atoms with Gasteiger partial charge in [-0.1, -0.05) is 23.7 Å². The molecular weight excluding hydrogens is 246 g/mol. The van der Waals surface area contributed by atoms with E-state index in [2.05, 4.69) is 35.7 Å². The Balaban J connectivity index is 1.98. The highest BCUT2D eigenvalue weighted by Gasteiger charge is 2.07. The molecule has 2 aromatic rings. The number of rotatable bonds is 4. The molecule has 0 aliphatic rings. The van der Waals surface area contributed by atoms with Crippen molar-refractivity contribution in [3.8, 4) is 0 Å². The second-order valence-electron chi connectivity index (χ2n) is 4.57. The summed E-state index contributed by atoms with van der Waals surface area (Å²) in [6.07, 6.45) is 2.05. The van der Waals surface area contributed by atoms with Gasteiger partial charge in [-0.2, -0.15) is 5.10 Å². The first kappa shape index (κ1) is 13.1. The number of nitrogens with one attached hydrogen (secondary N) is 1. The maximum absolute atomic E-state index is 5.88. The first-order valence-corrected chi connectivity index (χ1v) is 6.42. The number of nitrogens with zero attached hydrogens (tertiary/aromatic N) is 2. The Labute approximate surface area is 113 Å². The van der Waals surface area contributed by atoms with Gasteiger partial charge < -0.3 is 5.32 Å². The fourth-order valence-electron chi connectivity index (χ4n) is 1.95. The molecule has 3 nitrogen and oxygen atoms in total. The lowest BCUT2D eigenvalue weighted by molar-refractivity contribution is 0.573. The third-order valence-corrected chi connectivity index (χ3v) is 3.34. The molecule has 0 aliphatic carbocycles. The lowest BCUT2D eigenvalue weighted by Gasteiger charge is -2.14. The molecule has 1 atom stereocenters. The van der Waals surface area contributed by atoms with Crippen molar-refractivity contribution < 1.29 is 0 Å². The predicted octanol–water partition coefficient (Wildman–Crippen LogP) is 3.23. The van der Waals surface area contributed by atoms with Crippen LogP contribution in [0.15, 0.2) is 30.5 Å². The fraction of sp³-hybridized carbons (Fsp3) is 0.357. The van der Waals surface area contributed by atoms with Crippen molar-refractivity contribution in [1.29, 1.82) is 0 Å². The zero-order chi connectivity index (χ0) is 13.1. The number of hydrogen-bond acceptors (Lipinski definition) is 2. The van der Waals surface area contributed by atoms with Crippen LogP contribution in [0, 0.1) is 6.92 Å². The summed E-state index contributed by atoms with van der Waals surface area (Å²) in [5.41, 5.74) is 3.55. The molecule has 4 heteroatoms. The average Bonchev–Trinajstić information content (AvgIpc) is 2.66. The molecule has 0 radical (unpaired) electrons. The zero-order valence-electron chi connectivity index (χ0n) is 10.9. The largest absolute Gasteiger partial charge is 0.306 e. The minimum Gasteiger partial charge on any atom is -0.306 e. The number of aryl methyl sites for hydroxylation is 2. The van der Waals surface area contributed by atoms with Crippen molar-refractivity contribution in [1.82, 2.24) is 15.1 Å². The van der Waals surface area contributed by atoms with Crippen molar-refractivity contribution in [3.63, 3.8) is 0 Å². The number of halogens is 1. The molecule has 0 saturated heterocycles. The van der Waals surface area contributed by atoms with Crippen LogP contribution < -0.4 is 5.32 Å². The summed E-state index contributed by atoms with van der Waals surface area (Å²) in [6.45, 7) is 5.00. The highest BCUT2D eigenvalue weighted by molar-refractivity contribution is 6.30. The standard InChI is InChI=1S/C14H18ClN3/c1-10(12-4-6-14(15)7-5-12)16-8-13-9-18(3)17-11(13)2/h4-7,9-10,16H,8H2,1-3H3. The molecule has 2 rings (SSSR count). The molecule has 1 aromatic heterocycles. The zero-order valence-corrected chi connectivity index (χ0v) is 11.7. The first-order chi connectivity index (χ1) is 8.56. The van der Waals surface area contributed by atoms with Crippen LogP contribution in [0.3, 0.4) is 0 Å². The summed E-state index contributed by atoms with van der Waals surface area (Å²) in [6, 6.07) is 8.24. The summed E-state index contributed by atoms with van der Waals surface area (Å²) >= 11 is 5.88. The van der Waals surface area contributed by atoms with Crippen LogP contribution in [-0.2, 0) is 13.6 Å². The monoisotopic (exact) mass is 263 g/mol. The van der Waals surface area contributed by atoms with Gasteiger partial charge >= 0.3 is 0 Å². The Bertz CT molecular complexity index is 516. The summed E-state index contributed by atoms with van der Waals surface area (Å²) < 4.78 is 1.85. The third-order valence-electron chi connectivity index (χ3n) is 3.08. The summed E-state index contributed by atoms with van der Waals surface area (Å²) in [7, 11) is 1.94. The van der Waals surface area contributed by atoms with Crippen LogP contribution in [0.25, 0.3) is 0 Å². The Morgan fingerprint density at radius 1 is 1.33 bits per heavy atom. The predicted molar refractivity (Wildman–Crippen MR) is 74.7 cm³/mol. The number of aromatic nitrogens is 2. The van der Waals surface area contributed by atoms with Crippen LogP contribution in [0.4, 0.5) is 0 Å². The molecule has 0 aliphatic heterocycles. The van der Waals surface area contributed by atoms with Gasteiger partial charge in [0.1, 0.15) is 0 Å². The van der Waals surface area contributed by atoms with Crippen LogP contribution >= 0.6 is 11.6 Å². The van der Waals surface area contributed by atoms with Crippen LogP contribution in [0.1, 0.15) is 29.8 Å². The van der Waals surface area contributed by atoms with Crippen molar-refractivity contribution >= 4 is 11.6 Å². The minimum absolute atomic E-state index is 0.293. The Kier molecular flexibility index (Phi) is 4.04. The van der Waals surface area contributed by atoms with Crippen molar-refractivity contribution in [2.75, 3.05) is 0 Å². The second-order valence-corrected chi connectivity index (χ2v) is 5.00. The Morgan fingerprint density at radius 3 is 2.56 bits per heavy atom. The maximum Gasteiger partial charge on any atom is 0.0638 e. The van der Waals surface area contributed by atoms with Gasteiger partial charge in [0.2, 0.25) is 0 Å². The first-order valence-electron chi connectivity index (χ1n) is 6.04. The quantitative estimate of drug-likeness (QED) is 0.918. The summed E-state index contributed by atoms with van der Waals surface area (Å²) in [4.78, 5) is 0. The van der Waals surface area contributed by atoms with E-state index in [1.165, 1.54) is 11.1 Å². The molecule has 0 fully saturated rings. The van der Waals surface area contributed by atoms with Gasteiger partial charge in [-0.15, -0.1) is 0 Å². The van der Waals surface area contributed by atoms with E-state index >= 15 is 0 Å². The van der Waals surface area contributed by atoms with E-state index in [0.29, 0.717) is 6.04 Å². The van der Waals surface area contributed by atoms with Crippen LogP contribution in [-0.4, -0.2) is 9.78 Å². The normalized spacial score (nSPS) is 12.7. The highest BCUT2D eigenvalue weighted by Crippen LogP contribution is 2.16. The van der Waals surface area contributed by atoms with Gasteiger partial charge in [0.25, 0.3) is 0 Å². The molecule has 0 spiro atoms. The van der Waals surface area contributed by atoms with Gasteiger partial charge in [-0.25, -0.2) is 0 Å². The van der Waals surface area contributed by atoms with Crippen molar-refractivity contribution in [2.45, 2.75) is 26.4 Å². The molecule has 18 heavy (non-hydrogen) atoms. The number of hydrogen-bond donors (Lipinski definition) is 1. The van der Waals surface area contributed by atoms with Crippen LogP contribution in [0.5, 0.6) is 0 Å². The van der Waals surface area contributed by atoms with Gasteiger partial charge in [0.15, 0.2) is 0 Å². The number of benzene rings is 1. The fourth-order valence-corrected chi connectivity index (χ4v) is 2.08. The van der Waals surface area contributed by atoms with Gasteiger partial charge in [0, 0.05) is 36.4 Å². The molecule has 1 N–H and O–H groups in total. The summed E-state index contributed by atoms with van der Waals surface area (Å²) in [5, 5.41) is 8.60.